The standard InChI is InChI=1S/C40H51N9O3/c1-25-20-31(23-32(21-25)39(51)42-34-16-18-35(19-17-34)49(2)3)28-8-4-26(5-9-28)22-36(44-38(50)30-10-6-27(24-41)7-11-30)40(52)43-33-14-12-29(13-15-33)37-45-47-48-46-37/h4-5,8-9,12-15,20-21,23,27,30,34-36H,6-7,10-11,16-19,22,24,41H2,1-3H3,(H,42,51)(H,43,52)(H,44,50)(H,45,46,47,48)/t27-,30-,34?,35?,36-/m0/s1. The Hall–Kier alpha value is -4.94. The Morgan fingerprint density at radius 3 is 2.19 bits per heavy atom. The normalized spacial score (nSPS) is 20.9. The van der Waals surface area contributed by atoms with Gasteiger partial charge in [0, 0.05) is 41.2 Å². The molecule has 12 nitrogen and oxygen atoms in total. The van der Waals surface area contributed by atoms with E-state index in [4.69, 9.17) is 5.73 Å². The van der Waals surface area contributed by atoms with Gasteiger partial charge < -0.3 is 26.6 Å². The van der Waals surface area contributed by atoms with Gasteiger partial charge in [0.15, 0.2) is 0 Å². The molecule has 2 aliphatic rings. The molecular weight excluding hydrogens is 654 g/mol. The molecule has 2 fully saturated rings. The zero-order chi connectivity index (χ0) is 36.6. The summed E-state index contributed by atoms with van der Waals surface area (Å²) in [6.07, 6.45) is 7.82. The van der Waals surface area contributed by atoms with Gasteiger partial charge >= 0.3 is 0 Å². The number of H-pyrrole nitrogens is 1. The minimum absolute atomic E-state index is 0.0413. The van der Waals surface area contributed by atoms with Crippen LogP contribution in [0.5, 0.6) is 0 Å². The van der Waals surface area contributed by atoms with Gasteiger partial charge in [-0.1, -0.05) is 30.3 Å². The predicted octanol–water partition coefficient (Wildman–Crippen LogP) is 4.88. The fourth-order valence-electron chi connectivity index (χ4n) is 7.53. The number of tetrazole rings is 1. The molecule has 3 amide bonds. The Balaban J connectivity index is 1.14. The maximum absolute atomic E-state index is 13.7. The molecule has 3 aromatic carbocycles. The number of aryl methyl sites for hydroxylation is 1. The van der Waals surface area contributed by atoms with E-state index in [0.29, 0.717) is 42.0 Å². The number of carbonyl (C=O) groups is 3. The molecule has 52 heavy (non-hydrogen) atoms. The molecule has 1 aromatic heterocycles. The Morgan fingerprint density at radius 2 is 1.56 bits per heavy atom. The van der Waals surface area contributed by atoms with E-state index in [9.17, 15) is 14.4 Å². The van der Waals surface area contributed by atoms with Crippen molar-refractivity contribution in [3.8, 4) is 22.5 Å². The summed E-state index contributed by atoms with van der Waals surface area (Å²) >= 11 is 0. The number of nitrogens with two attached hydrogens (primary N) is 1. The Morgan fingerprint density at radius 1 is 0.865 bits per heavy atom. The van der Waals surface area contributed by atoms with Crippen LogP contribution in [0.1, 0.15) is 72.9 Å². The van der Waals surface area contributed by atoms with Crippen LogP contribution in [0.4, 0.5) is 5.69 Å². The van der Waals surface area contributed by atoms with Crippen molar-refractivity contribution in [1.82, 2.24) is 36.2 Å². The van der Waals surface area contributed by atoms with E-state index in [-0.39, 0.29) is 29.7 Å². The van der Waals surface area contributed by atoms with Gasteiger partial charge in [-0.2, -0.15) is 5.21 Å². The van der Waals surface area contributed by atoms with Crippen LogP contribution in [0.3, 0.4) is 0 Å². The molecule has 0 unspecified atom stereocenters. The Kier molecular flexibility index (Phi) is 12.1. The lowest BCUT2D eigenvalue weighted by atomic mass is 9.81. The van der Waals surface area contributed by atoms with Gasteiger partial charge in [-0.15, -0.1) is 10.2 Å². The molecule has 2 aliphatic carbocycles. The van der Waals surface area contributed by atoms with E-state index in [0.717, 1.165) is 79.2 Å². The largest absolute Gasteiger partial charge is 0.349 e. The number of hydrogen-bond acceptors (Lipinski definition) is 8. The summed E-state index contributed by atoms with van der Waals surface area (Å²) in [6, 6.07) is 21.1. The van der Waals surface area contributed by atoms with Crippen molar-refractivity contribution in [3.05, 3.63) is 83.4 Å². The number of aromatic nitrogens is 4. The summed E-state index contributed by atoms with van der Waals surface area (Å²) in [5.41, 5.74) is 11.7. The Labute approximate surface area is 305 Å². The third-order valence-corrected chi connectivity index (χ3v) is 10.8. The Bertz CT molecular complexity index is 1790. The molecule has 2 saturated carbocycles. The lowest BCUT2D eigenvalue weighted by Crippen LogP contribution is -2.48. The van der Waals surface area contributed by atoms with Gasteiger partial charge in [0.1, 0.15) is 6.04 Å². The summed E-state index contributed by atoms with van der Waals surface area (Å²) in [7, 11) is 4.24. The van der Waals surface area contributed by atoms with Crippen LogP contribution in [0.2, 0.25) is 0 Å². The number of carbonyl (C=O) groups excluding carboxylic acids is 3. The van der Waals surface area contributed by atoms with E-state index in [1.807, 2.05) is 43.3 Å². The predicted molar refractivity (Wildman–Crippen MR) is 202 cm³/mol. The van der Waals surface area contributed by atoms with E-state index >= 15 is 0 Å². The molecule has 274 valence electrons. The molecule has 6 N–H and O–H groups in total. The van der Waals surface area contributed by atoms with Gasteiger partial charge in [-0.05, 0) is 149 Å². The average Bonchev–Trinajstić information content (AvgIpc) is 3.70. The fraction of sp³-hybridized carbons (Fsp3) is 0.450. The van der Waals surface area contributed by atoms with Crippen LogP contribution >= 0.6 is 0 Å². The molecule has 0 aliphatic heterocycles. The maximum Gasteiger partial charge on any atom is 0.251 e. The minimum atomic E-state index is -0.787. The van der Waals surface area contributed by atoms with Crippen molar-refractivity contribution >= 4 is 23.4 Å². The number of amides is 3. The van der Waals surface area contributed by atoms with Crippen molar-refractivity contribution in [3.63, 3.8) is 0 Å². The number of nitrogens with zero attached hydrogens (tertiary/aromatic N) is 4. The molecule has 4 aromatic rings. The van der Waals surface area contributed by atoms with E-state index in [1.165, 1.54) is 0 Å². The fourth-order valence-corrected chi connectivity index (χ4v) is 7.53. The second-order valence-electron chi connectivity index (χ2n) is 14.7. The summed E-state index contributed by atoms with van der Waals surface area (Å²) < 4.78 is 0. The number of aromatic amines is 1. The first-order valence-corrected chi connectivity index (χ1v) is 18.5. The second kappa shape index (κ2) is 17.1. The summed E-state index contributed by atoms with van der Waals surface area (Å²) in [6.45, 7) is 2.64. The zero-order valence-electron chi connectivity index (χ0n) is 30.4. The van der Waals surface area contributed by atoms with Crippen molar-refractivity contribution in [2.45, 2.75) is 82.8 Å². The van der Waals surface area contributed by atoms with Crippen LogP contribution in [-0.4, -0.2) is 82.0 Å². The van der Waals surface area contributed by atoms with Gasteiger partial charge in [0.2, 0.25) is 17.6 Å². The van der Waals surface area contributed by atoms with Gasteiger partial charge in [-0.3, -0.25) is 14.4 Å². The first-order chi connectivity index (χ1) is 25.1. The lowest BCUT2D eigenvalue weighted by Gasteiger charge is -2.33. The number of benzene rings is 3. The highest BCUT2D eigenvalue weighted by Gasteiger charge is 2.30. The highest BCUT2D eigenvalue weighted by molar-refractivity contribution is 5.98. The molecule has 0 saturated heterocycles. The van der Waals surface area contributed by atoms with Crippen LogP contribution in [0.15, 0.2) is 66.7 Å². The number of hydrogen-bond donors (Lipinski definition) is 5. The van der Waals surface area contributed by atoms with E-state index in [2.05, 4.69) is 61.6 Å². The van der Waals surface area contributed by atoms with Crippen LogP contribution in [-0.2, 0) is 16.0 Å². The maximum atomic E-state index is 13.7. The summed E-state index contributed by atoms with van der Waals surface area (Å²) in [5, 5.41) is 23.4. The smallest absolute Gasteiger partial charge is 0.251 e. The highest BCUT2D eigenvalue weighted by atomic mass is 16.2. The second-order valence-corrected chi connectivity index (χ2v) is 14.7. The van der Waals surface area contributed by atoms with Gasteiger partial charge in [0.25, 0.3) is 5.91 Å². The topological polar surface area (TPSA) is 171 Å². The number of rotatable bonds is 12. The molecule has 12 heteroatoms. The van der Waals surface area contributed by atoms with Crippen LogP contribution in [0, 0.1) is 18.8 Å². The summed E-state index contributed by atoms with van der Waals surface area (Å²) in [5.74, 6) is 0.319. The number of nitrogens with one attached hydrogen (secondary N) is 4. The quantitative estimate of drug-likeness (QED) is 0.139. The lowest BCUT2D eigenvalue weighted by molar-refractivity contribution is -0.130. The van der Waals surface area contributed by atoms with E-state index in [1.54, 1.807) is 24.3 Å². The first-order valence-electron chi connectivity index (χ1n) is 18.5. The highest BCUT2D eigenvalue weighted by Crippen LogP contribution is 2.29. The molecular formula is C40H51N9O3. The van der Waals surface area contributed by atoms with Gasteiger partial charge in [-0.25, -0.2) is 0 Å². The molecule has 0 radical (unpaired) electrons. The van der Waals surface area contributed by atoms with Crippen molar-refractivity contribution in [1.29, 1.82) is 0 Å². The van der Waals surface area contributed by atoms with Crippen LogP contribution in [0.25, 0.3) is 22.5 Å². The van der Waals surface area contributed by atoms with Crippen molar-refractivity contribution in [2.75, 3.05) is 26.0 Å². The monoisotopic (exact) mass is 705 g/mol. The van der Waals surface area contributed by atoms with Crippen molar-refractivity contribution in [2.24, 2.45) is 17.6 Å². The third kappa shape index (κ3) is 9.48. The SMILES string of the molecule is Cc1cc(C(=O)NC2CCC(N(C)C)CC2)cc(-c2ccc(C[C@H](NC(=O)[C@H]3CC[C@H](CN)CC3)C(=O)Nc3ccc(-c4nn[nH]n4)cc3)cc2)c1. The first kappa shape index (κ1) is 36.8. The van der Waals surface area contributed by atoms with Gasteiger partial charge in [0.05, 0.1) is 0 Å². The molecule has 1 heterocycles. The van der Waals surface area contributed by atoms with E-state index < -0.39 is 6.04 Å². The van der Waals surface area contributed by atoms with Crippen LogP contribution < -0.4 is 21.7 Å². The molecule has 0 spiro atoms. The molecule has 1 atom stereocenters. The number of anilines is 1. The third-order valence-electron chi connectivity index (χ3n) is 10.8. The average molecular weight is 706 g/mol. The van der Waals surface area contributed by atoms with Crippen molar-refractivity contribution < 1.29 is 14.4 Å². The molecule has 0 bridgehead atoms. The minimum Gasteiger partial charge on any atom is -0.349 e. The molecule has 6 rings (SSSR count). The zero-order valence-corrected chi connectivity index (χ0v) is 30.4. The summed E-state index contributed by atoms with van der Waals surface area (Å²) in [4.78, 5) is 42.8.